The van der Waals surface area contributed by atoms with Crippen LogP contribution >= 0.6 is 0 Å². The van der Waals surface area contributed by atoms with Gasteiger partial charge in [-0.1, -0.05) is 26.0 Å². The van der Waals surface area contributed by atoms with Crippen LogP contribution in [0.2, 0.25) is 0 Å². The molecule has 0 atom stereocenters. The van der Waals surface area contributed by atoms with Gasteiger partial charge in [0.2, 0.25) is 0 Å². The third-order valence-corrected chi connectivity index (χ3v) is 7.38. The van der Waals surface area contributed by atoms with Crippen LogP contribution in [0.15, 0.2) is 54.6 Å². The lowest BCUT2D eigenvalue weighted by molar-refractivity contribution is 0.217. The molecule has 3 aromatic carbocycles. The minimum Gasteiger partial charge on any atom is -0.508 e. The third-order valence-electron chi connectivity index (χ3n) is 7.38. The average Bonchev–Trinajstić information content (AvgIpc) is 3.03. The number of fused-ring (bicyclic) bond motifs is 1. The standard InChI is InChI=1S/C23H33FN2O3.C10H12O.C2H2/c1-6-25(7-2)13-14-29-21-11-9-18(15-20(21)24)17-26(8-3)19-10-12-22(27-4)23(16-19)28-5;11-10-6-5-8-3-1-2-4-9(8)7-10;1-2/h9-12,15-16H,6-8,13-14,17H2,1-5H3;5-7,11H,1-4H2;1-2H. The van der Waals surface area contributed by atoms with E-state index in [9.17, 15) is 9.50 Å². The number of methoxy groups -OCH3 is 2. The molecule has 0 spiro atoms. The summed E-state index contributed by atoms with van der Waals surface area (Å²) in [5.41, 5.74) is 4.64. The molecule has 0 bridgehead atoms. The molecular formula is C35H47FN2O4. The molecule has 1 aliphatic carbocycles. The van der Waals surface area contributed by atoms with Gasteiger partial charge >= 0.3 is 0 Å². The summed E-state index contributed by atoms with van der Waals surface area (Å²) < 4.78 is 30.9. The molecule has 0 saturated carbocycles. The quantitative estimate of drug-likeness (QED) is 0.231. The highest BCUT2D eigenvalue weighted by molar-refractivity contribution is 5.56. The lowest BCUT2D eigenvalue weighted by atomic mass is 9.92. The smallest absolute Gasteiger partial charge is 0.165 e. The molecule has 7 heteroatoms. The third kappa shape index (κ3) is 10.2. The first kappa shape index (κ1) is 34.3. The number of ether oxygens (including phenoxy) is 3. The van der Waals surface area contributed by atoms with Crippen LogP contribution < -0.4 is 19.1 Å². The van der Waals surface area contributed by atoms with E-state index in [4.69, 9.17) is 14.2 Å². The minimum atomic E-state index is -0.328. The zero-order valence-electron chi connectivity index (χ0n) is 25.9. The molecule has 0 aliphatic heterocycles. The Morgan fingerprint density at radius 2 is 1.45 bits per heavy atom. The van der Waals surface area contributed by atoms with Crippen LogP contribution in [-0.2, 0) is 19.4 Å². The number of likely N-dealkylation sites (N-methyl/N-ethyl adjacent to an activating group) is 1. The SMILES string of the molecule is C#C.CCN(CC)CCOc1ccc(CN(CC)c2ccc(OC)c(OC)c2)cc1F.Oc1ccc2c(c1)CCCC2. The van der Waals surface area contributed by atoms with Crippen molar-refractivity contribution in [1.29, 1.82) is 0 Å². The molecule has 0 saturated heterocycles. The number of benzene rings is 3. The second-order valence-corrected chi connectivity index (χ2v) is 9.85. The zero-order chi connectivity index (χ0) is 30.9. The molecule has 1 aliphatic rings. The number of anilines is 1. The van der Waals surface area contributed by atoms with E-state index in [2.05, 4.69) is 43.4 Å². The summed E-state index contributed by atoms with van der Waals surface area (Å²) >= 11 is 0. The van der Waals surface area contributed by atoms with E-state index < -0.39 is 0 Å². The van der Waals surface area contributed by atoms with Gasteiger partial charge in [0, 0.05) is 31.4 Å². The van der Waals surface area contributed by atoms with E-state index >= 15 is 0 Å². The highest BCUT2D eigenvalue weighted by Crippen LogP contribution is 2.32. The van der Waals surface area contributed by atoms with Crippen LogP contribution in [0.5, 0.6) is 23.0 Å². The first-order valence-corrected chi connectivity index (χ1v) is 14.7. The Morgan fingerprint density at radius 1 is 0.786 bits per heavy atom. The molecule has 0 aromatic heterocycles. The molecule has 42 heavy (non-hydrogen) atoms. The molecule has 228 valence electrons. The van der Waals surface area contributed by atoms with Crippen molar-refractivity contribution in [3.63, 3.8) is 0 Å². The maximum atomic E-state index is 14.5. The monoisotopic (exact) mass is 578 g/mol. The molecular weight excluding hydrogens is 531 g/mol. The normalized spacial score (nSPS) is 11.7. The Labute approximate surface area is 252 Å². The number of hydrogen-bond donors (Lipinski definition) is 1. The lowest BCUT2D eigenvalue weighted by Crippen LogP contribution is -2.28. The molecule has 0 fully saturated rings. The zero-order valence-corrected chi connectivity index (χ0v) is 25.9. The van der Waals surface area contributed by atoms with Crippen LogP contribution in [0.4, 0.5) is 10.1 Å². The van der Waals surface area contributed by atoms with Gasteiger partial charge in [-0.15, -0.1) is 12.8 Å². The molecule has 0 amide bonds. The fourth-order valence-corrected chi connectivity index (χ4v) is 4.93. The van der Waals surface area contributed by atoms with Gasteiger partial charge in [0.15, 0.2) is 23.1 Å². The van der Waals surface area contributed by atoms with E-state index in [1.165, 1.54) is 30.4 Å². The van der Waals surface area contributed by atoms with Gasteiger partial charge < -0.3 is 29.1 Å². The number of aryl methyl sites for hydroxylation is 2. The minimum absolute atomic E-state index is 0.301. The molecule has 0 radical (unpaired) electrons. The number of halogens is 1. The highest BCUT2D eigenvalue weighted by Gasteiger charge is 2.13. The van der Waals surface area contributed by atoms with Gasteiger partial charge in [-0.05, 0) is 98.8 Å². The van der Waals surface area contributed by atoms with E-state index in [0.29, 0.717) is 36.1 Å². The molecule has 0 unspecified atom stereocenters. The van der Waals surface area contributed by atoms with Gasteiger partial charge in [-0.2, -0.15) is 0 Å². The Balaban J connectivity index is 0.000000390. The van der Waals surface area contributed by atoms with E-state index in [0.717, 1.165) is 43.9 Å². The van der Waals surface area contributed by atoms with Crippen molar-refractivity contribution in [3.8, 4) is 35.8 Å². The van der Waals surface area contributed by atoms with Gasteiger partial charge in [0.1, 0.15) is 12.4 Å². The van der Waals surface area contributed by atoms with Gasteiger partial charge in [0.25, 0.3) is 0 Å². The number of phenolic OH excluding ortho intramolecular Hbond substituents is 1. The summed E-state index contributed by atoms with van der Waals surface area (Å²) in [6.07, 6.45) is 12.9. The van der Waals surface area contributed by atoms with Gasteiger partial charge in [0.05, 0.1) is 14.2 Å². The van der Waals surface area contributed by atoms with Crippen LogP contribution in [0.25, 0.3) is 0 Å². The van der Waals surface area contributed by atoms with Crippen molar-refractivity contribution in [3.05, 3.63) is 77.1 Å². The summed E-state index contributed by atoms with van der Waals surface area (Å²) in [7, 11) is 3.23. The lowest BCUT2D eigenvalue weighted by Gasteiger charge is -2.24. The number of terminal acetylenes is 1. The van der Waals surface area contributed by atoms with Crippen molar-refractivity contribution < 1.29 is 23.7 Å². The predicted molar refractivity (Wildman–Crippen MR) is 171 cm³/mol. The highest BCUT2D eigenvalue weighted by atomic mass is 19.1. The topological polar surface area (TPSA) is 54.4 Å². The number of aromatic hydroxyl groups is 1. The Hall–Kier alpha value is -3.89. The second kappa shape index (κ2) is 18.5. The number of nitrogens with zero attached hydrogens (tertiary/aromatic N) is 2. The summed E-state index contributed by atoms with van der Waals surface area (Å²) in [5.74, 6) is 1.74. The van der Waals surface area contributed by atoms with Crippen LogP contribution in [0.1, 0.15) is 50.3 Å². The summed E-state index contributed by atoms with van der Waals surface area (Å²) in [6.45, 7) is 10.8. The van der Waals surface area contributed by atoms with Crippen molar-refractivity contribution >= 4 is 5.69 Å². The maximum Gasteiger partial charge on any atom is 0.165 e. The summed E-state index contributed by atoms with van der Waals surface area (Å²) in [6, 6.07) is 16.7. The van der Waals surface area contributed by atoms with Gasteiger partial charge in [-0.25, -0.2) is 4.39 Å². The van der Waals surface area contributed by atoms with E-state index in [-0.39, 0.29) is 5.82 Å². The fourth-order valence-electron chi connectivity index (χ4n) is 4.93. The largest absolute Gasteiger partial charge is 0.508 e. The van der Waals surface area contributed by atoms with E-state index in [1.54, 1.807) is 32.4 Å². The number of phenols is 1. The Kier molecular flexibility index (Phi) is 15.1. The Morgan fingerprint density at radius 3 is 2.07 bits per heavy atom. The van der Waals surface area contributed by atoms with Crippen LogP contribution in [0, 0.1) is 18.7 Å². The summed E-state index contributed by atoms with van der Waals surface area (Å²) in [5, 5.41) is 9.19. The van der Waals surface area contributed by atoms with E-state index in [1.807, 2.05) is 36.4 Å². The first-order chi connectivity index (χ1) is 20.4. The fraction of sp³-hybridized carbons (Fsp3) is 0.429. The van der Waals surface area contributed by atoms with Crippen molar-refractivity contribution in [2.45, 2.75) is 53.0 Å². The number of rotatable bonds is 12. The summed E-state index contributed by atoms with van der Waals surface area (Å²) in [4.78, 5) is 4.40. The van der Waals surface area contributed by atoms with Crippen molar-refractivity contribution in [2.75, 3.05) is 51.9 Å². The van der Waals surface area contributed by atoms with Gasteiger partial charge in [-0.3, -0.25) is 0 Å². The molecule has 0 heterocycles. The van der Waals surface area contributed by atoms with Crippen LogP contribution in [-0.4, -0.2) is 57.0 Å². The molecule has 4 rings (SSSR count). The predicted octanol–water partition coefficient (Wildman–Crippen LogP) is 7.11. The van der Waals surface area contributed by atoms with Crippen molar-refractivity contribution in [1.82, 2.24) is 4.90 Å². The first-order valence-electron chi connectivity index (χ1n) is 14.7. The maximum absolute atomic E-state index is 14.5. The van der Waals surface area contributed by atoms with Crippen LogP contribution in [0.3, 0.4) is 0 Å². The molecule has 6 nitrogen and oxygen atoms in total. The van der Waals surface area contributed by atoms with Crippen molar-refractivity contribution in [2.24, 2.45) is 0 Å². The molecule has 1 N–H and O–H groups in total. The number of hydrogen-bond acceptors (Lipinski definition) is 6. The second-order valence-electron chi connectivity index (χ2n) is 9.85. The Bertz CT molecular complexity index is 1240. The molecule has 3 aromatic rings. The average molecular weight is 579 g/mol.